The Morgan fingerprint density at radius 3 is 1.90 bits per heavy atom. The van der Waals surface area contributed by atoms with Crippen molar-refractivity contribution in [2.45, 2.75) is 51.7 Å². The van der Waals surface area contributed by atoms with Gasteiger partial charge in [0.2, 0.25) is 0 Å². The van der Waals surface area contributed by atoms with Crippen LogP contribution in [0.3, 0.4) is 0 Å². The van der Waals surface area contributed by atoms with Gasteiger partial charge in [0.05, 0.1) is 0 Å². The van der Waals surface area contributed by atoms with Crippen LogP contribution in [0.4, 0.5) is 0 Å². The third-order valence-corrected chi connectivity index (χ3v) is 15.6. The number of hydrogen-bond donors (Lipinski definition) is 0. The van der Waals surface area contributed by atoms with E-state index >= 15 is 0 Å². The van der Waals surface area contributed by atoms with E-state index in [2.05, 4.69) is 20.8 Å². The average Bonchev–Trinajstić information content (AvgIpc) is 2.00. The van der Waals surface area contributed by atoms with Crippen LogP contribution in [0.15, 0.2) is 0 Å². The summed E-state index contributed by atoms with van der Waals surface area (Å²) in [4.78, 5) is 0. The van der Waals surface area contributed by atoms with Gasteiger partial charge in [0, 0.05) is 0 Å². The summed E-state index contributed by atoms with van der Waals surface area (Å²) < 4.78 is -0.579. The summed E-state index contributed by atoms with van der Waals surface area (Å²) >= 11 is 1.52. The van der Waals surface area contributed by atoms with Gasteiger partial charge in [0.1, 0.15) is 0 Å². The molecular formula is C8H19NdSi. The summed E-state index contributed by atoms with van der Waals surface area (Å²) in [5, 5.41) is 0. The minimum atomic E-state index is -0.579. The Morgan fingerprint density at radius 1 is 1.10 bits per heavy atom. The molecule has 0 radical (unpaired) electrons. The van der Waals surface area contributed by atoms with E-state index in [1.165, 1.54) is 62.6 Å². The van der Waals surface area contributed by atoms with E-state index in [1.807, 2.05) is 0 Å². The third kappa shape index (κ3) is 4.45. The molecule has 0 amide bonds. The SMILES string of the molecule is CCCC[Si]([Nd])(CC)CC. The van der Waals surface area contributed by atoms with Gasteiger partial charge in [-0.05, 0) is 0 Å². The first-order valence-corrected chi connectivity index (χ1v) is 11.9. The Bertz CT molecular complexity index is 79.3. The minimum absolute atomic E-state index is 0.579. The van der Waals surface area contributed by atoms with Gasteiger partial charge in [-0.25, -0.2) is 0 Å². The van der Waals surface area contributed by atoms with Crippen molar-refractivity contribution in [3.63, 3.8) is 0 Å². The van der Waals surface area contributed by atoms with Crippen molar-refractivity contribution in [2.75, 3.05) is 0 Å². The fourth-order valence-corrected chi connectivity index (χ4v) is 5.06. The van der Waals surface area contributed by atoms with E-state index in [4.69, 9.17) is 0 Å². The molecule has 0 aromatic rings. The molecule has 0 heterocycles. The van der Waals surface area contributed by atoms with E-state index in [0.717, 1.165) is 0 Å². The predicted molar refractivity (Wildman–Crippen MR) is 46.4 cm³/mol. The summed E-state index contributed by atoms with van der Waals surface area (Å²) in [5.74, 6) is 0. The quantitative estimate of drug-likeness (QED) is 0.681. The molecule has 59 valence electrons. The number of rotatable bonds is 5. The van der Waals surface area contributed by atoms with Gasteiger partial charge in [-0.15, -0.1) is 0 Å². The normalized spacial score (nSPS) is 11.8. The monoisotopic (exact) mass is 285 g/mol. The molecule has 0 aromatic heterocycles. The maximum atomic E-state index is 2.40. The van der Waals surface area contributed by atoms with E-state index in [9.17, 15) is 0 Å². The molecule has 0 fully saturated rings. The van der Waals surface area contributed by atoms with Gasteiger partial charge >= 0.3 is 92.1 Å². The number of hydrogen-bond acceptors (Lipinski definition) is 0. The van der Waals surface area contributed by atoms with E-state index in [0.29, 0.717) is 0 Å². The first-order chi connectivity index (χ1) is 4.68. The molecule has 0 nitrogen and oxygen atoms in total. The predicted octanol–water partition coefficient (Wildman–Crippen LogP) is 3.32. The van der Waals surface area contributed by atoms with Crippen molar-refractivity contribution < 1.29 is 37.7 Å². The van der Waals surface area contributed by atoms with Gasteiger partial charge in [-0.1, -0.05) is 0 Å². The second-order valence-electron chi connectivity index (χ2n) is 3.09. The van der Waals surface area contributed by atoms with E-state index in [-0.39, 0.29) is 0 Å². The Balaban J connectivity index is 3.58. The second kappa shape index (κ2) is 6.12. The number of unbranched alkanes of at least 4 members (excludes halogenated alkanes) is 1. The van der Waals surface area contributed by atoms with Crippen LogP contribution in [0.5, 0.6) is 0 Å². The molecule has 0 saturated heterocycles. The van der Waals surface area contributed by atoms with Crippen LogP contribution in [-0.4, -0.2) is 2.66 Å². The fourth-order valence-electron chi connectivity index (χ4n) is 1.12. The zero-order valence-electron chi connectivity index (χ0n) is 7.54. The van der Waals surface area contributed by atoms with Crippen LogP contribution in [-0.2, 0) is 0 Å². The summed E-state index contributed by atoms with van der Waals surface area (Å²) in [6, 6.07) is 4.69. The van der Waals surface area contributed by atoms with Crippen LogP contribution in [0, 0.1) is 37.7 Å². The van der Waals surface area contributed by atoms with Crippen LogP contribution in [0.1, 0.15) is 33.6 Å². The van der Waals surface area contributed by atoms with Crippen molar-refractivity contribution >= 4 is 2.66 Å². The van der Waals surface area contributed by atoms with Gasteiger partial charge < -0.3 is 0 Å². The second-order valence-corrected chi connectivity index (χ2v) is 17.8. The summed E-state index contributed by atoms with van der Waals surface area (Å²) in [6.07, 6.45) is 2.90. The summed E-state index contributed by atoms with van der Waals surface area (Å²) in [6.45, 7) is 7.11. The Kier molecular flexibility index (Phi) is 7.08. The van der Waals surface area contributed by atoms with Crippen molar-refractivity contribution in [1.82, 2.24) is 0 Å². The molecule has 2 heteroatoms. The van der Waals surface area contributed by atoms with Crippen molar-refractivity contribution in [3.8, 4) is 0 Å². The topological polar surface area (TPSA) is 0 Å². The molecule has 0 bridgehead atoms. The zero-order valence-corrected chi connectivity index (χ0v) is 11.7. The van der Waals surface area contributed by atoms with Gasteiger partial charge in [-0.2, -0.15) is 0 Å². The van der Waals surface area contributed by atoms with Crippen molar-refractivity contribution in [3.05, 3.63) is 0 Å². The fraction of sp³-hybridized carbons (Fsp3) is 1.00. The van der Waals surface area contributed by atoms with Crippen LogP contribution < -0.4 is 0 Å². The first kappa shape index (κ1) is 11.6. The van der Waals surface area contributed by atoms with Crippen LogP contribution in [0.2, 0.25) is 18.1 Å². The average molecular weight is 288 g/mol. The van der Waals surface area contributed by atoms with Crippen LogP contribution >= 0.6 is 0 Å². The van der Waals surface area contributed by atoms with Gasteiger partial charge in [0.25, 0.3) is 0 Å². The Hall–Kier alpha value is 1.57. The van der Waals surface area contributed by atoms with Crippen LogP contribution in [0.25, 0.3) is 0 Å². The summed E-state index contributed by atoms with van der Waals surface area (Å²) in [7, 11) is 0. The molecule has 0 rings (SSSR count). The standard InChI is InChI=1S/C8H19Si.Nd/c1-4-7-8-9(5-2)6-3;/h4-8H2,1-3H3;. The molecule has 0 N–H and O–H groups in total. The molecule has 0 spiro atoms. The van der Waals surface area contributed by atoms with E-state index < -0.39 is 2.66 Å². The van der Waals surface area contributed by atoms with Crippen molar-refractivity contribution in [1.29, 1.82) is 0 Å². The molecule has 0 aliphatic heterocycles. The molecule has 0 atom stereocenters. The van der Waals surface area contributed by atoms with E-state index in [1.54, 1.807) is 6.04 Å². The molecule has 10 heavy (non-hydrogen) atoms. The van der Waals surface area contributed by atoms with Gasteiger partial charge in [0.15, 0.2) is 0 Å². The molecule has 0 aromatic carbocycles. The molecule has 0 aliphatic rings. The first-order valence-electron chi connectivity index (χ1n) is 4.43. The summed E-state index contributed by atoms with van der Waals surface area (Å²) in [5.41, 5.74) is 0. The maximum absolute atomic E-state index is 2.40. The Labute approximate surface area is 91.0 Å². The van der Waals surface area contributed by atoms with Crippen molar-refractivity contribution in [2.24, 2.45) is 0 Å². The van der Waals surface area contributed by atoms with Gasteiger partial charge in [-0.3, -0.25) is 0 Å². The molecule has 0 unspecified atom stereocenters. The molecular weight excluding hydrogens is 268 g/mol. The third-order valence-electron chi connectivity index (χ3n) is 2.36. The Morgan fingerprint density at radius 2 is 1.60 bits per heavy atom. The molecule has 0 saturated carbocycles. The zero-order chi connectivity index (χ0) is 8.04. The molecule has 0 aliphatic carbocycles.